The highest BCUT2D eigenvalue weighted by molar-refractivity contribution is 14.0. The van der Waals surface area contributed by atoms with Crippen LogP contribution in [0.2, 0.25) is 0 Å². The van der Waals surface area contributed by atoms with Gasteiger partial charge in [0.05, 0.1) is 11.9 Å². The number of guanidine groups is 1. The Morgan fingerprint density at radius 3 is 2.61 bits per heavy atom. The fraction of sp³-hybridized carbons (Fsp3) is 0.412. The summed E-state index contributed by atoms with van der Waals surface area (Å²) in [6.45, 7) is 6.11. The molecule has 0 radical (unpaired) electrons. The van der Waals surface area contributed by atoms with E-state index >= 15 is 0 Å². The maximum Gasteiger partial charge on any atom is 0.190 e. The van der Waals surface area contributed by atoms with Crippen molar-refractivity contribution in [2.45, 2.75) is 20.3 Å². The molecule has 0 aliphatic heterocycles. The second-order valence-corrected chi connectivity index (χ2v) is 5.65. The van der Waals surface area contributed by atoms with Gasteiger partial charge in [0.2, 0.25) is 0 Å². The number of benzene rings is 1. The number of para-hydroxylation sites is 1. The van der Waals surface area contributed by atoms with E-state index in [0.717, 1.165) is 31.2 Å². The van der Waals surface area contributed by atoms with Crippen LogP contribution >= 0.6 is 24.0 Å². The Hall–Kier alpha value is -1.57. The average molecular weight is 427 g/mol. The summed E-state index contributed by atoms with van der Waals surface area (Å²) in [5.41, 5.74) is 2.28. The molecule has 0 bridgehead atoms. The molecule has 0 atom stereocenters. The lowest BCUT2D eigenvalue weighted by Gasteiger charge is -2.12. The summed E-state index contributed by atoms with van der Waals surface area (Å²) < 4.78 is 1.90. The van der Waals surface area contributed by atoms with Gasteiger partial charge >= 0.3 is 0 Å². The van der Waals surface area contributed by atoms with E-state index in [9.17, 15) is 0 Å². The Labute approximate surface area is 155 Å². The first-order valence-corrected chi connectivity index (χ1v) is 7.72. The summed E-state index contributed by atoms with van der Waals surface area (Å²) in [4.78, 5) is 4.22. The highest BCUT2D eigenvalue weighted by Gasteiger charge is 2.02. The Balaban J connectivity index is 0.00000264. The molecule has 23 heavy (non-hydrogen) atoms. The molecule has 0 unspecified atom stereocenters. The number of aliphatic imine (C=N–C) groups is 1. The number of rotatable bonds is 6. The van der Waals surface area contributed by atoms with Gasteiger partial charge in [0.25, 0.3) is 0 Å². The minimum atomic E-state index is 0. The number of nitrogens with zero attached hydrogens (tertiary/aromatic N) is 3. The van der Waals surface area contributed by atoms with Crippen LogP contribution in [0.1, 0.15) is 19.4 Å². The van der Waals surface area contributed by atoms with Gasteiger partial charge in [0.15, 0.2) is 5.96 Å². The van der Waals surface area contributed by atoms with Crippen LogP contribution in [-0.2, 0) is 6.42 Å². The van der Waals surface area contributed by atoms with E-state index in [1.165, 1.54) is 5.56 Å². The molecule has 1 heterocycles. The van der Waals surface area contributed by atoms with Gasteiger partial charge in [-0.1, -0.05) is 32.0 Å². The molecule has 2 N–H and O–H groups in total. The van der Waals surface area contributed by atoms with Crippen molar-refractivity contribution in [2.75, 3.05) is 20.1 Å². The van der Waals surface area contributed by atoms with Crippen molar-refractivity contribution in [1.29, 1.82) is 0 Å². The van der Waals surface area contributed by atoms with Crippen LogP contribution in [0.3, 0.4) is 0 Å². The van der Waals surface area contributed by atoms with Gasteiger partial charge in [-0.05, 0) is 30.0 Å². The van der Waals surface area contributed by atoms with Gasteiger partial charge in [-0.3, -0.25) is 4.99 Å². The summed E-state index contributed by atoms with van der Waals surface area (Å²) >= 11 is 0. The third-order valence-corrected chi connectivity index (χ3v) is 3.26. The Morgan fingerprint density at radius 1 is 1.22 bits per heavy atom. The fourth-order valence-electron chi connectivity index (χ4n) is 2.06. The molecular weight excluding hydrogens is 401 g/mol. The minimum Gasteiger partial charge on any atom is -0.356 e. The zero-order valence-electron chi connectivity index (χ0n) is 14.0. The van der Waals surface area contributed by atoms with E-state index < -0.39 is 0 Å². The number of hydrogen-bond acceptors (Lipinski definition) is 2. The first kappa shape index (κ1) is 19.5. The Kier molecular flexibility index (Phi) is 8.68. The van der Waals surface area contributed by atoms with Gasteiger partial charge in [-0.2, -0.15) is 5.10 Å². The van der Waals surface area contributed by atoms with Crippen molar-refractivity contribution in [3.8, 4) is 5.69 Å². The van der Waals surface area contributed by atoms with Crippen LogP contribution < -0.4 is 10.6 Å². The van der Waals surface area contributed by atoms with Crippen LogP contribution in [0.25, 0.3) is 5.69 Å². The highest BCUT2D eigenvalue weighted by atomic mass is 127. The lowest BCUT2D eigenvalue weighted by molar-refractivity contribution is 0.614. The van der Waals surface area contributed by atoms with Crippen molar-refractivity contribution >= 4 is 29.9 Å². The number of halogens is 1. The van der Waals surface area contributed by atoms with Gasteiger partial charge in [-0.15, -0.1) is 24.0 Å². The molecular formula is C17H26IN5. The lowest BCUT2D eigenvalue weighted by Crippen LogP contribution is -2.39. The van der Waals surface area contributed by atoms with Crippen molar-refractivity contribution in [1.82, 2.24) is 20.4 Å². The zero-order valence-corrected chi connectivity index (χ0v) is 16.3. The predicted molar refractivity (Wildman–Crippen MR) is 107 cm³/mol. The van der Waals surface area contributed by atoms with Gasteiger partial charge in [0.1, 0.15) is 0 Å². The first-order valence-electron chi connectivity index (χ1n) is 7.72. The highest BCUT2D eigenvalue weighted by Crippen LogP contribution is 2.07. The Morgan fingerprint density at radius 2 is 1.96 bits per heavy atom. The summed E-state index contributed by atoms with van der Waals surface area (Å²) in [5.74, 6) is 1.45. The van der Waals surface area contributed by atoms with Crippen LogP contribution in [0, 0.1) is 5.92 Å². The van der Waals surface area contributed by atoms with Gasteiger partial charge < -0.3 is 10.6 Å². The molecule has 0 saturated carbocycles. The zero-order chi connectivity index (χ0) is 15.8. The van der Waals surface area contributed by atoms with E-state index in [-0.39, 0.29) is 24.0 Å². The number of hydrogen-bond donors (Lipinski definition) is 2. The standard InChI is InChI=1S/C17H25N5.HI/c1-14(2)11-20-17(18-3)19-10-9-15-12-21-22(13-15)16-7-5-4-6-8-16;/h4-8,12-14H,9-11H2,1-3H3,(H2,18,19,20);1H. The maximum atomic E-state index is 4.41. The third-order valence-electron chi connectivity index (χ3n) is 3.26. The van der Waals surface area contributed by atoms with Crippen molar-refractivity contribution in [3.05, 3.63) is 48.3 Å². The lowest BCUT2D eigenvalue weighted by atomic mass is 10.2. The molecule has 2 aromatic rings. The van der Waals surface area contributed by atoms with E-state index in [1.807, 2.05) is 41.2 Å². The van der Waals surface area contributed by atoms with Crippen LogP contribution in [0.4, 0.5) is 0 Å². The van der Waals surface area contributed by atoms with Crippen molar-refractivity contribution < 1.29 is 0 Å². The predicted octanol–water partition coefficient (Wildman–Crippen LogP) is 2.85. The molecule has 5 nitrogen and oxygen atoms in total. The van der Waals surface area contributed by atoms with Gasteiger partial charge in [-0.25, -0.2) is 4.68 Å². The second kappa shape index (κ2) is 10.3. The molecule has 0 aliphatic rings. The molecule has 6 heteroatoms. The van der Waals surface area contributed by atoms with Crippen LogP contribution in [0.5, 0.6) is 0 Å². The maximum absolute atomic E-state index is 4.41. The summed E-state index contributed by atoms with van der Waals surface area (Å²) in [5, 5.41) is 11.0. The van der Waals surface area contributed by atoms with E-state index in [2.05, 4.69) is 40.8 Å². The number of nitrogens with one attached hydrogen (secondary N) is 2. The topological polar surface area (TPSA) is 54.2 Å². The van der Waals surface area contributed by atoms with E-state index in [0.29, 0.717) is 5.92 Å². The molecule has 1 aromatic heterocycles. The minimum absolute atomic E-state index is 0. The Bertz CT molecular complexity index is 592. The largest absolute Gasteiger partial charge is 0.356 e. The normalized spacial score (nSPS) is 11.2. The molecule has 0 saturated heterocycles. The number of aromatic nitrogens is 2. The van der Waals surface area contributed by atoms with Crippen molar-refractivity contribution in [2.24, 2.45) is 10.9 Å². The molecule has 0 aliphatic carbocycles. The smallest absolute Gasteiger partial charge is 0.190 e. The van der Waals surface area contributed by atoms with Crippen molar-refractivity contribution in [3.63, 3.8) is 0 Å². The van der Waals surface area contributed by atoms with Crippen LogP contribution in [-0.4, -0.2) is 35.9 Å². The molecule has 2 rings (SSSR count). The van der Waals surface area contributed by atoms with E-state index in [1.54, 1.807) is 7.05 Å². The monoisotopic (exact) mass is 427 g/mol. The first-order chi connectivity index (χ1) is 10.7. The summed E-state index contributed by atoms with van der Waals surface area (Å²) in [6.07, 6.45) is 4.90. The molecule has 0 spiro atoms. The molecule has 0 amide bonds. The fourth-order valence-corrected chi connectivity index (χ4v) is 2.06. The van der Waals surface area contributed by atoms with E-state index in [4.69, 9.17) is 0 Å². The quantitative estimate of drug-likeness (QED) is 0.424. The molecule has 1 aromatic carbocycles. The SMILES string of the molecule is CN=C(NCCc1cnn(-c2ccccc2)c1)NCC(C)C.I. The van der Waals surface area contributed by atoms with Crippen LogP contribution in [0.15, 0.2) is 47.7 Å². The van der Waals surface area contributed by atoms with Gasteiger partial charge in [0, 0.05) is 26.3 Å². The molecule has 126 valence electrons. The average Bonchev–Trinajstić information content (AvgIpc) is 3.00. The molecule has 0 fully saturated rings. The third kappa shape index (κ3) is 6.60. The second-order valence-electron chi connectivity index (χ2n) is 5.65. The summed E-state index contributed by atoms with van der Waals surface area (Å²) in [7, 11) is 1.79. The summed E-state index contributed by atoms with van der Waals surface area (Å²) in [6, 6.07) is 10.1.